The number of benzene rings is 3. The lowest BCUT2D eigenvalue weighted by Gasteiger charge is -2.11. The first-order valence-corrected chi connectivity index (χ1v) is 10.5. The Labute approximate surface area is 201 Å². The molecule has 0 aromatic heterocycles. The maximum atomic E-state index is 12.4. The fourth-order valence-corrected chi connectivity index (χ4v) is 3.24. The number of aryl methyl sites for hydroxylation is 2. The minimum Gasteiger partial charge on any atom is -0.493 e. The monoisotopic (exact) mass is 479 g/mol. The second-order valence-electron chi connectivity index (χ2n) is 7.20. The molecule has 174 valence electrons. The molecule has 0 atom stereocenters. The maximum Gasteiger partial charge on any atom is 0.345 e. The predicted molar refractivity (Wildman–Crippen MR) is 130 cm³/mol. The smallest absolute Gasteiger partial charge is 0.345 e. The number of nitrogens with zero attached hydrogens (tertiary/aromatic N) is 1. The van der Waals surface area contributed by atoms with Crippen LogP contribution in [-0.4, -0.2) is 31.1 Å². The zero-order valence-corrected chi connectivity index (χ0v) is 19.5. The Morgan fingerprint density at radius 2 is 1.62 bits per heavy atom. The highest BCUT2D eigenvalue weighted by Gasteiger charge is 2.16. The van der Waals surface area contributed by atoms with Crippen molar-refractivity contribution in [1.82, 2.24) is 5.43 Å². The maximum absolute atomic E-state index is 12.4. The van der Waals surface area contributed by atoms with Crippen molar-refractivity contribution in [2.45, 2.75) is 13.8 Å². The minimum atomic E-state index is -0.920. The Kier molecular flexibility index (Phi) is 8.00. The zero-order valence-electron chi connectivity index (χ0n) is 18.7. The number of methoxy groups -OCH3 is 1. The summed E-state index contributed by atoms with van der Waals surface area (Å²) in [5.74, 6) is -1.94. The second kappa shape index (κ2) is 11.1. The average Bonchev–Trinajstić information content (AvgIpc) is 2.82. The van der Waals surface area contributed by atoms with Crippen LogP contribution in [0.3, 0.4) is 0 Å². The van der Waals surface area contributed by atoms with Crippen LogP contribution in [-0.2, 0) is 9.59 Å². The van der Waals surface area contributed by atoms with Crippen molar-refractivity contribution in [3.05, 3.63) is 87.9 Å². The first-order valence-electron chi connectivity index (χ1n) is 10.2. The van der Waals surface area contributed by atoms with Gasteiger partial charge >= 0.3 is 17.8 Å². The van der Waals surface area contributed by atoms with E-state index >= 15 is 0 Å². The van der Waals surface area contributed by atoms with Crippen molar-refractivity contribution in [2.24, 2.45) is 5.10 Å². The normalized spacial score (nSPS) is 10.6. The van der Waals surface area contributed by atoms with E-state index in [1.807, 2.05) is 32.0 Å². The van der Waals surface area contributed by atoms with Crippen LogP contribution in [0.25, 0.3) is 0 Å². The first kappa shape index (κ1) is 24.5. The third kappa shape index (κ3) is 5.99. The molecule has 0 saturated carbocycles. The summed E-state index contributed by atoms with van der Waals surface area (Å²) in [7, 11) is 1.42. The third-order valence-corrected chi connectivity index (χ3v) is 5.12. The number of hydrogen-bond acceptors (Lipinski definition) is 6. The van der Waals surface area contributed by atoms with E-state index in [1.165, 1.54) is 19.4 Å². The van der Waals surface area contributed by atoms with Crippen LogP contribution in [0, 0.1) is 13.8 Å². The van der Waals surface area contributed by atoms with Crippen molar-refractivity contribution in [2.75, 3.05) is 12.4 Å². The van der Waals surface area contributed by atoms with Crippen molar-refractivity contribution < 1.29 is 23.9 Å². The summed E-state index contributed by atoms with van der Waals surface area (Å²) in [5.41, 5.74) is 5.19. The Balaban J connectivity index is 1.63. The van der Waals surface area contributed by atoms with E-state index in [0.717, 1.165) is 11.1 Å². The van der Waals surface area contributed by atoms with E-state index in [9.17, 15) is 14.4 Å². The number of halogens is 1. The van der Waals surface area contributed by atoms with Crippen LogP contribution in [0.2, 0.25) is 5.02 Å². The fraction of sp³-hybridized carbons (Fsp3) is 0.120. The van der Waals surface area contributed by atoms with Gasteiger partial charge < -0.3 is 14.8 Å². The lowest BCUT2D eigenvalue weighted by molar-refractivity contribution is -0.136. The number of rotatable bonds is 6. The van der Waals surface area contributed by atoms with Crippen LogP contribution >= 0.6 is 11.6 Å². The molecule has 0 aliphatic carbocycles. The van der Waals surface area contributed by atoms with Gasteiger partial charge in [0.1, 0.15) is 0 Å². The lowest BCUT2D eigenvalue weighted by atomic mass is 10.1. The van der Waals surface area contributed by atoms with Gasteiger partial charge in [0.15, 0.2) is 11.5 Å². The predicted octanol–water partition coefficient (Wildman–Crippen LogP) is 4.27. The molecule has 0 bridgehead atoms. The van der Waals surface area contributed by atoms with Gasteiger partial charge in [-0.25, -0.2) is 10.2 Å². The molecule has 0 radical (unpaired) electrons. The number of para-hydroxylation sites is 1. The molecule has 0 fully saturated rings. The highest BCUT2D eigenvalue weighted by molar-refractivity contribution is 6.39. The molecule has 34 heavy (non-hydrogen) atoms. The minimum absolute atomic E-state index is 0.182. The van der Waals surface area contributed by atoms with E-state index < -0.39 is 17.8 Å². The Morgan fingerprint density at radius 1 is 0.912 bits per heavy atom. The van der Waals surface area contributed by atoms with Crippen LogP contribution in [0.5, 0.6) is 11.5 Å². The molecular weight excluding hydrogens is 458 g/mol. The van der Waals surface area contributed by atoms with Gasteiger partial charge in [-0.15, -0.1) is 0 Å². The van der Waals surface area contributed by atoms with Gasteiger partial charge in [-0.05, 0) is 60.9 Å². The summed E-state index contributed by atoms with van der Waals surface area (Å²) < 4.78 is 10.7. The van der Waals surface area contributed by atoms with Crippen molar-refractivity contribution in [3.63, 3.8) is 0 Å². The van der Waals surface area contributed by atoms with E-state index in [0.29, 0.717) is 11.3 Å². The van der Waals surface area contributed by atoms with Crippen LogP contribution < -0.4 is 20.2 Å². The largest absolute Gasteiger partial charge is 0.493 e. The molecule has 0 heterocycles. The van der Waals surface area contributed by atoms with Crippen LogP contribution in [0.1, 0.15) is 27.0 Å². The number of hydrogen-bond donors (Lipinski definition) is 2. The summed E-state index contributed by atoms with van der Waals surface area (Å²) in [6.45, 7) is 3.67. The van der Waals surface area contributed by atoms with E-state index in [1.54, 1.807) is 36.4 Å². The summed E-state index contributed by atoms with van der Waals surface area (Å²) in [6.07, 6.45) is 1.33. The number of amides is 2. The molecular formula is C25H22ClN3O5. The van der Waals surface area contributed by atoms with E-state index in [2.05, 4.69) is 15.8 Å². The molecule has 9 heteroatoms. The molecule has 2 N–H and O–H groups in total. The van der Waals surface area contributed by atoms with Crippen LogP contribution in [0.4, 0.5) is 5.69 Å². The highest BCUT2D eigenvalue weighted by Crippen LogP contribution is 2.29. The first-order chi connectivity index (χ1) is 16.3. The van der Waals surface area contributed by atoms with Crippen molar-refractivity contribution >= 4 is 41.3 Å². The van der Waals surface area contributed by atoms with Gasteiger partial charge in [-0.3, -0.25) is 9.59 Å². The Morgan fingerprint density at radius 3 is 2.29 bits per heavy atom. The summed E-state index contributed by atoms with van der Waals surface area (Å²) in [4.78, 5) is 36.7. The average molecular weight is 480 g/mol. The number of anilines is 1. The molecule has 0 aliphatic rings. The van der Waals surface area contributed by atoms with E-state index in [4.69, 9.17) is 21.1 Å². The number of esters is 1. The standard InChI is InChI=1S/C25H22ClN3O5/c1-15-7-6-8-16(2)22(15)28-23(30)24(31)29-27-14-17-11-12-20(21(13-17)33-3)34-25(32)18-9-4-5-10-19(18)26/h4-14H,1-3H3,(H,28,30)(H,29,31)/b27-14+. The van der Waals surface area contributed by atoms with Gasteiger partial charge in [-0.1, -0.05) is 41.9 Å². The molecule has 0 spiro atoms. The highest BCUT2D eigenvalue weighted by atomic mass is 35.5. The second-order valence-corrected chi connectivity index (χ2v) is 7.61. The zero-order chi connectivity index (χ0) is 24.7. The Bertz CT molecular complexity index is 1250. The molecule has 3 rings (SSSR count). The fourth-order valence-electron chi connectivity index (χ4n) is 3.03. The van der Waals surface area contributed by atoms with Crippen molar-refractivity contribution in [1.29, 1.82) is 0 Å². The van der Waals surface area contributed by atoms with Gasteiger partial charge in [0.05, 0.1) is 23.9 Å². The van der Waals surface area contributed by atoms with Crippen LogP contribution in [0.15, 0.2) is 65.8 Å². The molecule has 0 saturated heterocycles. The number of carbonyl (C=O) groups excluding carboxylic acids is 3. The molecule has 8 nitrogen and oxygen atoms in total. The van der Waals surface area contributed by atoms with Crippen molar-refractivity contribution in [3.8, 4) is 11.5 Å². The molecule has 3 aromatic carbocycles. The summed E-state index contributed by atoms with van der Waals surface area (Å²) in [6, 6.07) is 16.7. The van der Waals surface area contributed by atoms with Gasteiger partial charge in [-0.2, -0.15) is 5.10 Å². The number of carbonyl (C=O) groups is 3. The molecule has 0 unspecified atom stereocenters. The van der Waals surface area contributed by atoms with Gasteiger partial charge in [0.2, 0.25) is 0 Å². The van der Waals surface area contributed by atoms with E-state index in [-0.39, 0.29) is 22.1 Å². The SMILES string of the molecule is COc1cc(/C=N/NC(=O)C(=O)Nc2c(C)cccc2C)ccc1OC(=O)c1ccccc1Cl. The summed E-state index contributed by atoms with van der Waals surface area (Å²) >= 11 is 6.04. The molecule has 0 aliphatic heterocycles. The summed E-state index contributed by atoms with van der Waals surface area (Å²) in [5, 5.41) is 6.66. The number of ether oxygens (including phenoxy) is 2. The number of hydrazone groups is 1. The quantitative estimate of drug-likeness (QED) is 0.180. The Hall–Kier alpha value is -4.17. The topological polar surface area (TPSA) is 106 Å². The molecule has 3 aromatic rings. The lowest BCUT2D eigenvalue weighted by Crippen LogP contribution is -2.32. The van der Waals surface area contributed by atoms with Gasteiger partial charge in [0.25, 0.3) is 0 Å². The third-order valence-electron chi connectivity index (χ3n) is 4.79. The number of nitrogens with one attached hydrogen (secondary N) is 2. The van der Waals surface area contributed by atoms with Gasteiger partial charge in [0, 0.05) is 5.69 Å². The molecule has 2 amide bonds.